The normalized spacial score (nSPS) is 15.9. The molecule has 92 valence electrons. The molecule has 0 atom stereocenters. The Morgan fingerprint density at radius 2 is 2.00 bits per heavy atom. The third kappa shape index (κ3) is 2.40. The highest BCUT2D eigenvalue weighted by atomic mass is 32.2. The van der Waals surface area contributed by atoms with Gasteiger partial charge >= 0.3 is 0 Å². The Kier molecular flexibility index (Phi) is 3.05. The molecule has 0 radical (unpaired) electrons. The van der Waals surface area contributed by atoms with Crippen LogP contribution in [0.15, 0.2) is 23.1 Å². The Morgan fingerprint density at radius 3 is 2.53 bits per heavy atom. The Balaban J connectivity index is 2.46. The van der Waals surface area contributed by atoms with Crippen molar-refractivity contribution in [2.24, 2.45) is 5.92 Å². The van der Waals surface area contributed by atoms with E-state index in [2.05, 4.69) is 4.72 Å². The molecule has 4 nitrogen and oxygen atoms in total. The summed E-state index contributed by atoms with van der Waals surface area (Å²) >= 11 is 0. The van der Waals surface area contributed by atoms with Gasteiger partial charge in [0.1, 0.15) is 0 Å². The third-order valence-electron chi connectivity index (χ3n) is 2.98. The monoisotopic (exact) mass is 253 g/mol. The number of carbonyl (C=O) groups excluding carboxylic acids is 1. The zero-order valence-electron chi connectivity index (χ0n) is 9.86. The summed E-state index contributed by atoms with van der Waals surface area (Å²) in [6.45, 7) is 1.72. The lowest BCUT2D eigenvalue weighted by molar-refractivity contribution is 0.0967. The lowest BCUT2D eigenvalue weighted by Gasteiger charge is -2.08. The van der Waals surface area contributed by atoms with Crippen molar-refractivity contribution in [2.75, 3.05) is 7.05 Å². The van der Waals surface area contributed by atoms with E-state index < -0.39 is 10.0 Å². The molecule has 1 aromatic carbocycles. The number of sulfonamides is 1. The van der Waals surface area contributed by atoms with Gasteiger partial charge < -0.3 is 0 Å². The summed E-state index contributed by atoms with van der Waals surface area (Å²) in [4.78, 5) is 12.1. The molecule has 1 saturated carbocycles. The molecule has 0 amide bonds. The highest BCUT2D eigenvalue weighted by molar-refractivity contribution is 7.89. The molecule has 1 fully saturated rings. The van der Waals surface area contributed by atoms with Gasteiger partial charge in [-0.15, -0.1) is 0 Å². The molecule has 0 saturated heterocycles. The van der Waals surface area contributed by atoms with Crippen LogP contribution in [0.5, 0.6) is 0 Å². The van der Waals surface area contributed by atoms with Crippen LogP contribution >= 0.6 is 0 Å². The average Bonchev–Trinajstić information content (AvgIpc) is 3.12. The van der Waals surface area contributed by atoms with Gasteiger partial charge in [0.25, 0.3) is 0 Å². The van der Waals surface area contributed by atoms with Crippen LogP contribution in [0.1, 0.15) is 28.8 Å². The van der Waals surface area contributed by atoms with E-state index in [-0.39, 0.29) is 16.6 Å². The fourth-order valence-electron chi connectivity index (χ4n) is 1.73. The number of hydrogen-bond donors (Lipinski definition) is 1. The Morgan fingerprint density at radius 1 is 1.35 bits per heavy atom. The highest BCUT2D eigenvalue weighted by Crippen LogP contribution is 2.33. The third-order valence-corrected chi connectivity index (χ3v) is 4.54. The van der Waals surface area contributed by atoms with Crippen molar-refractivity contribution >= 4 is 15.8 Å². The van der Waals surface area contributed by atoms with Gasteiger partial charge in [-0.1, -0.05) is 12.1 Å². The van der Waals surface area contributed by atoms with Crippen LogP contribution in [0.4, 0.5) is 0 Å². The zero-order valence-corrected chi connectivity index (χ0v) is 10.7. The molecular weight excluding hydrogens is 238 g/mol. The van der Waals surface area contributed by atoms with Crippen LogP contribution in [-0.4, -0.2) is 21.2 Å². The van der Waals surface area contributed by atoms with Gasteiger partial charge in [-0.3, -0.25) is 4.79 Å². The second kappa shape index (κ2) is 4.23. The summed E-state index contributed by atoms with van der Waals surface area (Å²) in [6, 6.07) is 4.85. The van der Waals surface area contributed by atoms with Crippen molar-refractivity contribution in [2.45, 2.75) is 24.7 Å². The number of benzene rings is 1. The summed E-state index contributed by atoms with van der Waals surface area (Å²) in [6.07, 6.45) is 1.83. The van der Waals surface area contributed by atoms with E-state index >= 15 is 0 Å². The number of hydrogen-bond acceptors (Lipinski definition) is 3. The first-order valence-corrected chi connectivity index (χ1v) is 7.02. The van der Waals surface area contributed by atoms with E-state index in [0.29, 0.717) is 11.1 Å². The summed E-state index contributed by atoms with van der Waals surface area (Å²) in [7, 11) is -2.13. The summed E-state index contributed by atoms with van der Waals surface area (Å²) < 4.78 is 25.8. The van der Waals surface area contributed by atoms with E-state index in [1.807, 2.05) is 0 Å². The molecular formula is C12H15NO3S. The van der Waals surface area contributed by atoms with Crippen molar-refractivity contribution in [3.05, 3.63) is 29.3 Å². The molecule has 5 heteroatoms. The van der Waals surface area contributed by atoms with Crippen LogP contribution in [0.3, 0.4) is 0 Å². The maximum absolute atomic E-state index is 11.9. The van der Waals surface area contributed by atoms with E-state index in [4.69, 9.17) is 0 Å². The lowest BCUT2D eigenvalue weighted by atomic mass is 10.1. The van der Waals surface area contributed by atoms with E-state index in [1.165, 1.54) is 13.1 Å². The van der Waals surface area contributed by atoms with Crippen LogP contribution in [-0.2, 0) is 10.0 Å². The van der Waals surface area contributed by atoms with Gasteiger partial charge in [0.05, 0.1) is 4.90 Å². The summed E-state index contributed by atoms with van der Waals surface area (Å²) in [5, 5.41) is 0. The largest absolute Gasteiger partial charge is 0.294 e. The second-order valence-electron chi connectivity index (χ2n) is 4.33. The lowest BCUT2D eigenvalue weighted by Crippen LogP contribution is -2.20. The number of aryl methyl sites for hydroxylation is 1. The topological polar surface area (TPSA) is 63.2 Å². The predicted octanol–water partition coefficient (Wildman–Crippen LogP) is 1.50. The van der Waals surface area contributed by atoms with E-state index in [9.17, 15) is 13.2 Å². The van der Waals surface area contributed by atoms with Gasteiger partial charge in [-0.2, -0.15) is 0 Å². The Hall–Kier alpha value is -1.20. The van der Waals surface area contributed by atoms with Crippen LogP contribution in [0, 0.1) is 12.8 Å². The molecule has 0 aliphatic heterocycles. The SMILES string of the molecule is CNS(=O)(=O)c1cc(C(=O)C2CC2)ccc1C. The molecule has 2 rings (SSSR count). The van der Waals surface area contributed by atoms with Crippen molar-refractivity contribution < 1.29 is 13.2 Å². The van der Waals surface area contributed by atoms with E-state index in [0.717, 1.165) is 12.8 Å². The Bertz CT molecular complexity index is 559. The minimum Gasteiger partial charge on any atom is -0.294 e. The highest BCUT2D eigenvalue weighted by Gasteiger charge is 2.31. The number of ketones is 1. The summed E-state index contributed by atoms with van der Waals surface area (Å²) in [5.74, 6) is 0.153. The van der Waals surface area contributed by atoms with Gasteiger partial charge in [0.2, 0.25) is 10.0 Å². The molecule has 0 aromatic heterocycles. The van der Waals surface area contributed by atoms with Crippen LogP contribution in [0.2, 0.25) is 0 Å². The fraction of sp³-hybridized carbons (Fsp3) is 0.417. The average molecular weight is 253 g/mol. The predicted molar refractivity (Wildman–Crippen MR) is 64.5 cm³/mol. The number of carbonyl (C=O) groups is 1. The molecule has 0 heterocycles. The van der Waals surface area contributed by atoms with Gasteiger partial charge in [-0.05, 0) is 38.4 Å². The second-order valence-corrected chi connectivity index (χ2v) is 6.18. The van der Waals surface area contributed by atoms with Crippen molar-refractivity contribution in [3.8, 4) is 0 Å². The first-order chi connectivity index (χ1) is 7.95. The molecule has 1 aliphatic carbocycles. The van der Waals surface area contributed by atoms with Crippen molar-refractivity contribution in [3.63, 3.8) is 0 Å². The molecule has 0 bridgehead atoms. The number of nitrogens with one attached hydrogen (secondary N) is 1. The van der Waals surface area contributed by atoms with Gasteiger partial charge in [-0.25, -0.2) is 13.1 Å². The summed E-state index contributed by atoms with van der Waals surface area (Å²) in [5.41, 5.74) is 1.14. The van der Waals surface area contributed by atoms with Crippen molar-refractivity contribution in [1.29, 1.82) is 0 Å². The van der Waals surface area contributed by atoms with Crippen LogP contribution in [0.25, 0.3) is 0 Å². The Labute approximate surface area is 101 Å². The first kappa shape index (κ1) is 12.3. The number of Topliss-reactive ketones (excluding diaryl/α,β-unsaturated/α-hetero) is 1. The minimum atomic E-state index is -3.49. The van der Waals surface area contributed by atoms with E-state index in [1.54, 1.807) is 19.1 Å². The smallest absolute Gasteiger partial charge is 0.240 e. The maximum atomic E-state index is 11.9. The fourth-order valence-corrected chi connectivity index (χ4v) is 2.73. The standard InChI is InChI=1S/C12H15NO3S/c1-8-3-4-10(12(14)9-5-6-9)7-11(8)17(15,16)13-2/h3-4,7,9,13H,5-6H2,1-2H3. The van der Waals surface area contributed by atoms with Crippen LogP contribution < -0.4 is 4.72 Å². The minimum absolute atomic E-state index is 0.0533. The molecule has 1 aliphatic rings. The zero-order chi connectivity index (χ0) is 12.6. The molecule has 1 N–H and O–H groups in total. The molecule has 1 aromatic rings. The van der Waals surface area contributed by atoms with Gasteiger partial charge in [0, 0.05) is 11.5 Å². The molecule has 0 unspecified atom stereocenters. The number of rotatable bonds is 4. The quantitative estimate of drug-likeness (QED) is 0.827. The maximum Gasteiger partial charge on any atom is 0.240 e. The van der Waals surface area contributed by atoms with Crippen molar-refractivity contribution in [1.82, 2.24) is 4.72 Å². The van der Waals surface area contributed by atoms with Gasteiger partial charge in [0.15, 0.2) is 5.78 Å². The molecule has 0 spiro atoms. The first-order valence-electron chi connectivity index (χ1n) is 5.54. The molecule has 17 heavy (non-hydrogen) atoms.